The van der Waals surface area contributed by atoms with E-state index >= 15 is 0 Å². The predicted molar refractivity (Wildman–Crippen MR) is 124 cm³/mol. The Morgan fingerprint density at radius 3 is 2.27 bits per heavy atom. The van der Waals surface area contributed by atoms with E-state index in [0.717, 1.165) is 31.4 Å². The molecule has 0 aliphatic heterocycles. The van der Waals surface area contributed by atoms with Crippen LogP contribution in [0.25, 0.3) is 0 Å². The lowest BCUT2D eigenvalue weighted by molar-refractivity contribution is 0.0821. The van der Waals surface area contributed by atoms with Gasteiger partial charge >= 0.3 is 6.09 Å². The van der Waals surface area contributed by atoms with Crippen LogP contribution in [0, 0.1) is 0 Å². The van der Waals surface area contributed by atoms with Gasteiger partial charge in [-0.1, -0.05) is 51.1 Å². The molecule has 1 aromatic carbocycles. The summed E-state index contributed by atoms with van der Waals surface area (Å²) in [7, 11) is -1.91. The van der Waals surface area contributed by atoms with Gasteiger partial charge in [-0.15, -0.1) is 0 Å². The molecule has 0 spiro atoms. The lowest BCUT2D eigenvalue weighted by Gasteiger charge is -2.36. The summed E-state index contributed by atoms with van der Waals surface area (Å²) in [5, 5.41) is 2.85. The van der Waals surface area contributed by atoms with E-state index in [1.165, 1.54) is 5.56 Å². The third-order valence-corrected chi connectivity index (χ3v) is 10.7. The van der Waals surface area contributed by atoms with Gasteiger partial charge in [-0.3, -0.25) is 5.32 Å². The third kappa shape index (κ3) is 5.85. The van der Waals surface area contributed by atoms with Gasteiger partial charge < -0.3 is 9.16 Å². The quantitative estimate of drug-likeness (QED) is 0.538. The molecule has 1 saturated carbocycles. The molecule has 0 unspecified atom stereocenters. The first kappa shape index (κ1) is 22.3. The number of hydrogen-bond donors (Lipinski definition) is 1. The van der Waals surface area contributed by atoms with E-state index in [-0.39, 0.29) is 11.1 Å². The van der Waals surface area contributed by atoms with E-state index in [1.54, 1.807) is 12.3 Å². The molecule has 0 atom stereocenters. The van der Waals surface area contributed by atoms with Gasteiger partial charge in [0.2, 0.25) is 0 Å². The average Bonchev–Trinajstić information content (AvgIpc) is 2.70. The van der Waals surface area contributed by atoms with Crippen LogP contribution >= 0.6 is 0 Å². The van der Waals surface area contributed by atoms with E-state index in [4.69, 9.17) is 9.16 Å². The Labute approximate surface area is 181 Å². The van der Waals surface area contributed by atoms with Crippen LogP contribution in [0.15, 0.2) is 48.7 Å². The molecule has 5 nitrogen and oxygen atoms in total. The number of aromatic nitrogens is 1. The molecule has 1 fully saturated rings. The number of ether oxygens (including phenoxy) is 1. The summed E-state index contributed by atoms with van der Waals surface area (Å²) in [6.45, 7) is 11.0. The van der Waals surface area contributed by atoms with Crippen LogP contribution in [0.3, 0.4) is 0 Å². The van der Waals surface area contributed by atoms with Crippen LogP contribution in [0.1, 0.15) is 57.9 Å². The second-order valence-corrected chi connectivity index (χ2v) is 14.4. The van der Waals surface area contributed by atoms with Gasteiger partial charge in [0, 0.05) is 0 Å². The monoisotopic (exact) mass is 426 g/mol. The molecular weight excluding hydrogens is 392 g/mol. The highest BCUT2D eigenvalue weighted by Gasteiger charge is 2.39. The first-order valence-electron chi connectivity index (χ1n) is 10.8. The summed E-state index contributed by atoms with van der Waals surface area (Å²) in [6, 6.07) is 14.2. The van der Waals surface area contributed by atoms with E-state index in [1.807, 2.05) is 12.1 Å². The second kappa shape index (κ2) is 9.21. The van der Waals surface area contributed by atoms with E-state index < -0.39 is 14.4 Å². The summed E-state index contributed by atoms with van der Waals surface area (Å²) in [5.74, 6) is 1.77. The standard InChI is InChI=1S/C24H34N2O3Si/c1-24(2,3)30(4,5)29-21-15-16-22(25-17-21)26-23(27)28-20-13-11-19(12-14-20)18-9-7-6-8-10-18/h6-10,15-17,19-20H,11-14H2,1-5H3,(H,25,26,27)/t19-,20-. The Kier molecular flexibility index (Phi) is 6.86. The number of carbonyl (C=O) groups excluding carboxylic acids is 1. The van der Waals surface area contributed by atoms with Crippen LogP contribution in [0.5, 0.6) is 5.75 Å². The van der Waals surface area contributed by atoms with Gasteiger partial charge in [-0.05, 0) is 67.4 Å². The lowest BCUT2D eigenvalue weighted by Crippen LogP contribution is -2.43. The second-order valence-electron chi connectivity index (χ2n) is 9.66. The highest BCUT2D eigenvalue weighted by Crippen LogP contribution is 2.37. The fourth-order valence-corrected chi connectivity index (χ4v) is 4.50. The predicted octanol–water partition coefficient (Wildman–Crippen LogP) is 6.74. The fourth-order valence-electron chi connectivity index (χ4n) is 3.49. The van der Waals surface area contributed by atoms with E-state index in [2.05, 4.69) is 68.4 Å². The van der Waals surface area contributed by atoms with Crippen LogP contribution in [-0.2, 0) is 4.74 Å². The molecule has 1 amide bonds. The minimum absolute atomic E-state index is 0.0360. The van der Waals surface area contributed by atoms with Crippen molar-refractivity contribution in [3.63, 3.8) is 0 Å². The Bertz CT molecular complexity index is 824. The zero-order valence-corrected chi connectivity index (χ0v) is 19.8. The number of benzene rings is 1. The van der Waals surface area contributed by atoms with E-state index in [0.29, 0.717) is 11.7 Å². The molecular formula is C24H34N2O3Si. The molecule has 0 bridgehead atoms. The van der Waals surface area contributed by atoms with Gasteiger partial charge in [0.25, 0.3) is 8.32 Å². The number of pyridine rings is 1. The normalized spacial score (nSPS) is 19.8. The van der Waals surface area contributed by atoms with Crippen molar-refractivity contribution in [2.75, 3.05) is 5.32 Å². The van der Waals surface area contributed by atoms with Crippen molar-refractivity contribution in [2.24, 2.45) is 0 Å². The Balaban J connectivity index is 1.46. The van der Waals surface area contributed by atoms with Crippen LogP contribution in [0.4, 0.5) is 10.6 Å². The lowest BCUT2D eigenvalue weighted by atomic mass is 9.83. The van der Waals surface area contributed by atoms with Crippen molar-refractivity contribution in [3.8, 4) is 5.75 Å². The van der Waals surface area contributed by atoms with Gasteiger partial charge in [0.05, 0.1) is 6.20 Å². The first-order chi connectivity index (χ1) is 14.1. The zero-order valence-electron chi connectivity index (χ0n) is 18.8. The fraction of sp³-hybridized carbons (Fsp3) is 0.500. The minimum atomic E-state index is -1.91. The summed E-state index contributed by atoms with van der Waals surface area (Å²) in [4.78, 5) is 16.6. The maximum absolute atomic E-state index is 12.3. The summed E-state index contributed by atoms with van der Waals surface area (Å²) < 4.78 is 11.8. The number of rotatable bonds is 5. The Morgan fingerprint density at radius 1 is 1.03 bits per heavy atom. The summed E-state index contributed by atoms with van der Waals surface area (Å²) >= 11 is 0. The molecule has 0 radical (unpaired) electrons. The maximum Gasteiger partial charge on any atom is 0.413 e. The summed E-state index contributed by atoms with van der Waals surface area (Å²) in [6.07, 6.45) is 5.05. The SMILES string of the molecule is CC(C)(C)[Si](C)(C)Oc1ccc(NC(=O)O[C@H]2CC[C@H](c3ccccc3)CC2)nc1. The van der Waals surface area contributed by atoms with Crippen molar-refractivity contribution < 1.29 is 14.0 Å². The highest BCUT2D eigenvalue weighted by atomic mass is 28.4. The highest BCUT2D eigenvalue weighted by molar-refractivity contribution is 6.74. The van der Waals surface area contributed by atoms with Crippen LogP contribution in [0.2, 0.25) is 18.1 Å². The third-order valence-electron chi connectivity index (χ3n) is 6.36. The Hall–Kier alpha value is -2.34. The van der Waals surface area contributed by atoms with Crippen LogP contribution in [-0.4, -0.2) is 25.5 Å². The zero-order chi connectivity index (χ0) is 21.8. The Morgan fingerprint density at radius 2 is 1.70 bits per heavy atom. The largest absolute Gasteiger partial charge is 0.542 e. The number of nitrogens with zero attached hydrogens (tertiary/aromatic N) is 1. The maximum atomic E-state index is 12.3. The number of anilines is 1. The van der Waals surface area contributed by atoms with Crippen molar-refractivity contribution in [3.05, 3.63) is 54.2 Å². The van der Waals surface area contributed by atoms with Gasteiger partial charge in [0.1, 0.15) is 17.7 Å². The van der Waals surface area contributed by atoms with E-state index in [9.17, 15) is 4.79 Å². The molecule has 1 N–H and O–H groups in total. The molecule has 2 aromatic rings. The van der Waals surface area contributed by atoms with Crippen molar-refractivity contribution in [1.29, 1.82) is 0 Å². The average molecular weight is 427 g/mol. The molecule has 1 aliphatic carbocycles. The first-order valence-corrected chi connectivity index (χ1v) is 13.7. The van der Waals surface area contributed by atoms with Gasteiger partial charge in [0.15, 0.2) is 0 Å². The van der Waals surface area contributed by atoms with Gasteiger partial charge in [-0.25, -0.2) is 9.78 Å². The molecule has 1 heterocycles. The number of amides is 1. The topological polar surface area (TPSA) is 60.5 Å². The van der Waals surface area contributed by atoms with Crippen molar-refractivity contribution in [2.45, 2.75) is 76.6 Å². The van der Waals surface area contributed by atoms with Crippen LogP contribution < -0.4 is 9.74 Å². The van der Waals surface area contributed by atoms with Crippen molar-refractivity contribution >= 4 is 20.2 Å². The van der Waals surface area contributed by atoms with Gasteiger partial charge in [-0.2, -0.15) is 0 Å². The molecule has 6 heteroatoms. The molecule has 3 rings (SSSR count). The number of carbonyl (C=O) groups is 1. The summed E-state index contributed by atoms with van der Waals surface area (Å²) in [5.41, 5.74) is 1.38. The smallest absolute Gasteiger partial charge is 0.413 e. The molecule has 0 saturated heterocycles. The number of hydrogen-bond acceptors (Lipinski definition) is 4. The minimum Gasteiger partial charge on any atom is -0.542 e. The molecule has 30 heavy (non-hydrogen) atoms. The van der Waals surface area contributed by atoms with Crippen molar-refractivity contribution in [1.82, 2.24) is 4.98 Å². The number of nitrogens with one attached hydrogen (secondary N) is 1. The molecule has 162 valence electrons. The molecule has 1 aliphatic rings. The molecule has 1 aromatic heterocycles.